The van der Waals surface area contributed by atoms with Gasteiger partial charge in [0, 0.05) is 45.2 Å². The van der Waals surface area contributed by atoms with Gasteiger partial charge >= 0.3 is 5.97 Å². The highest BCUT2D eigenvalue weighted by Crippen LogP contribution is 2.55. The van der Waals surface area contributed by atoms with E-state index in [9.17, 15) is 4.79 Å². The Morgan fingerprint density at radius 1 is 1.09 bits per heavy atom. The predicted molar refractivity (Wildman–Crippen MR) is 125 cm³/mol. The Kier molecular flexibility index (Phi) is 5.41. The van der Waals surface area contributed by atoms with Crippen molar-refractivity contribution in [3.05, 3.63) is 34.9 Å². The lowest BCUT2D eigenvalue weighted by Gasteiger charge is -2.46. The van der Waals surface area contributed by atoms with E-state index in [1.807, 2.05) is 6.07 Å². The summed E-state index contributed by atoms with van der Waals surface area (Å²) in [5.74, 6) is 2.13. The summed E-state index contributed by atoms with van der Waals surface area (Å²) in [5, 5.41) is 0. The van der Waals surface area contributed by atoms with Crippen LogP contribution < -0.4 is 9.47 Å². The minimum absolute atomic E-state index is 0.0298. The van der Waals surface area contributed by atoms with Crippen LogP contribution in [0.1, 0.15) is 51.5 Å². The molecule has 6 rings (SSSR count). The first-order valence-corrected chi connectivity index (χ1v) is 12.7. The molecule has 6 nitrogen and oxygen atoms in total. The number of allylic oxidation sites excluding steroid dienone is 2. The van der Waals surface area contributed by atoms with Crippen molar-refractivity contribution in [1.29, 1.82) is 0 Å². The smallest absolute Gasteiger partial charge is 0.310 e. The number of nitrogens with zero attached hydrogens (tertiary/aromatic N) is 2. The number of carbonyl (C=O) groups excluding carboxylic acids is 1. The van der Waals surface area contributed by atoms with Crippen molar-refractivity contribution in [3.63, 3.8) is 0 Å². The predicted octanol–water partition coefficient (Wildman–Crippen LogP) is 3.99. The number of hydrogen-bond donors (Lipinski definition) is 0. The summed E-state index contributed by atoms with van der Waals surface area (Å²) in [7, 11) is 0. The third kappa shape index (κ3) is 3.95. The summed E-state index contributed by atoms with van der Waals surface area (Å²) < 4.78 is 16.9. The molecule has 0 aromatic heterocycles. The lowest BCUT2D eigenvalue weighted by Crippen LogP contribution is -2.49. The van der Waals surface area contributed by atoms with Gasteiger partial charge in [-0.2, -0.15) is 0 Å². The summed E-state index contributed by atoms with van der Waals surface area (Å²) >= 11 is 0. The fourth-order valence-electron chi connectivity index (χ4n) is 7.03. The van der Waals surface area contributed by atoms with Crippen molar-refractivity contribution in [2.75, 3.05) is 39.5 Å². The third-order valence-electron chi connectivity index (χ3n) is 8.94. The van der Waals surface area contributed by atoms with Crippen molar-refractivity contribution in [1.82, 2.24) is 9.80 Å². The van der Waals surface area contributed by atoms with E-state index in [2.05, 4.69) is 35.8 Å². The van der Waals surface area contributed by atoms with Crippen LogP contribution in [0.25, 0.3) is 0 Å². The highest BCUT2D eigenvalue weighted by atomic mass is 16.7. The van der Waals surface area contributed by atoms with Gasteiger partial charge in [-0.05, 0) is 62.1 Å². The van der Waals surface area contributed by atoms with E-state index in [4.69, 9.17) is 14.2 Å². The van der Waals surface area contributed by atoms with E-state index in [0.717, 1.165) is 63.6 Å². The molecule has 0 radical (unpaired) electrons. The number of benzene rings is 1. The van der Waals surface area contributed by atoms with E-state index in [1.54, 1.807) is 11.1 Å². The summed E-state index contributed by atoms with van der Waals surface area (Å²) in [6, 6.07) is 6.24. The van der Waals surface area contributed by atoms with Gasteiger partial charge in [-0.3, -0.25) is 14.6 Å². The molecule has 3 aliphatic heterocycles. The van der Waals surface area contributed by atoms with Crippen LogP contribution in [0.2, 0.25) is 0 Å². The molecule has 0 unspecified atom stereocenters. The SMILES string of the molecule is CC1=C2C[C@@H]3[C@H](CN4CCN(Cc5ccc6c(c5)OCO6)CC4)C(=O)O[C@@H]3C[C@@]2(C)CCC1. The number of piperazine rings is 1. The Labute approximate surface area is 196 Å². The van der Waals surface area contributed by atoms with Gasteiger partial charge in [0.1, 0.15) is 6.10 Å². The van der Waals surface area contributed by atoms with Gasteiger partial charge in [0.2, 0.25) is 6.79 Å². The first-order chi connectivity index (χ1) is 16.0. The van der Waals surface area contributed by atoms with Crippen LogP contribution in [0, 0.1) is 17.3 Å². The van der Waals surface area contributed by atoms with Crippen LogP contribution in [-0.4, -0.2) is 61.4 Å². The van der Waals surface area contributed by atoms with Crippen molar-refractivity contribution in [2.24, 2.45) is 17.3 Å². The van der Waals surface area contributed by atoms with Gasteiger partial charge in [-0.25, -0.2) is 0 Å². The zero-order valence-electron chi connectivity index (χ0n) is 20.0. The van der Waals surface area contributed by atoms with Crippen LogP contribution in [0.15, 0.2) is 29.3 Å². The van der Waals surface area contributed by atoms with E-state index in [1.165, 1.54) is 24.8 Å². The fourth-order valence-corrected chi connectivity index (χ4v) is 7.03. The lowest BCUT2D eigenvalue weighted by atomic mass is 9.59. The van der Waals surface area contributed by atoms with Crippen molar-refractivity contribution in [2.45, 2.75) is 58.6 Å². The van der Waals surface area contributed by atoms with E-state index in [-0.39, 0.29) is 23.4 Å². The largest absolute Gasteiger partial charge is 0.462 e. The molecule has 1 aromatic rings. The summed E-state index contributed by atoms with van der Waals surface area (Å²) in [5.41, 5.74) is 4.74. The van der Waals surface area contributed by atoms with E-state index in [0.29, 0.717) is 12.7 Å². The molecule has 5 aliphatic rings. The van der Waals surface area contributed by atoms with Crippen LogP contribution in [0.4, 0.5) is 0 Å². The quantitative estimate of drug-likeness (QED) is 0.509. The van der Waals surface area contributed by atoms with Gasteiger partial charge in [-0.1, -0.05) is 24.1 Å². The molecule has 1 aromatic carbocycles. The number of esters is 1. The highest BCUT2D eigenvalue weighted by molar-refractivity contribution is 5.76. The van der Waals surface area contributed by atoms with Gasteiger partial charge in [0.05, 0.1) is 5.92 Å². The minimum atomic E-state index is 0.0298. The number of hydrogen-bond acceptors (Lipinski definition) is 6. The maximum absolute atomic E-state index is 12.9. The first-order valence-electron chi connectivity index (χ1n) is 12.7. The lowest BCUT2D eigenvalue weighted by molar-refractivity contribution is -0.145. The van der Waals surface area contributed by atoms with Gasteiger partial charge < -0.3 is 14.2 Å². The van der Waals surface area contributed by atoms with Gasteiger partial charge in [-0.15, -0.1) is 0 Å². The van der Waals surface area contributed by atoms with Crippen LogP contribution in [-0.2, 0) is 16.1 Å². The second kappa shape index (κ2) is 8.31. The molecule has 3 fully saturated rings. The normalized spacial score (nSPS) is 34.2. The molecule has 0 bridgehead atoms. The molecule has 0 amide bonds. The van der Waals surface area contributed by atoms with E-state index >= 15 is 0 Å². The van der Waals surface area contributed by atoms with E-state index < -0.39 is 0 Å². The topological polar surface area (TPSA) is 51.2 Å². The number of rotatable bonds is 4. The maximum atomic E-state index is 12.9. The molecule has 2 saturated heterocycles. The Morgan fingerprint density at radius 3 is 2.73 bits per heavy atom. The summed E-state index contributed by atoms with van der Waals surface area (Å²) in [6.07, 6.45) is 5.96. The first kappa shape index (κ1) is 21.5. The molecule has 3 heterocycles. The number of carbonyl (C=O) groups is 1. The van der Waals surface area contributed by atoms with Crippen molar-refractivity contribution in [3.8, 4) is 11.5 Å². The Hall–Kier alpha value is -2.05. The molecule has 2 aliphatic carbocycles. The van der Waals surface area contributed by atoms with Crippen LogP contribution in [0.3, 0.4) is 0 Å². The maximum Gasteiger partial charge on any atom is 0.310 e. The Bertz CT molecular complexity index is 967. The molecule has 4 atom stereocenters. The van der Waals surface area contributed by atoms with Gasteiger partial charge in [0.25, 0.3) is 0 Å². The van der Waals surface area contributed by atoms with Crippen molar-refractivity contribution < 1.29 is 19.0 Å². The molecule has 33 heavy (non-hydrogen) atoms. The van der Waals surface area contributed by atoms with Crippen molar-refractivity contribution >= 4 is 5.97 Å². The highest BCUT2D eigenvalue weighted by Gasteiger charge is 2.53. The molecule has 0 spiro atoms. The van der Waals surface area contributed by atoms with Crippen LogP contribution >= 0.6 is 0 Å². The second-order valence-corrected chi connectivity index (χ2v) is 11.1. The average molecular weight is 453 g/mol. The zero-order chi connectivity index (χ0) is 22.6. The number of fused-ring (bicyclic) bond motifs is 3. The standard InChI is InChI=1S/C27H36N2O4/c1-18-4-3-7-27(2)14-25-20(13-22(18)27)21(26(30)33-25)16-29-10-8-28(9-11-29)15-19-5-6-23-24(12-19)32-17-31-23/h5-6,12,20-21,25H,3-4,7-11,13-17H2,1-2H3/t20-,21+,25-,27-/m1/s1. The Balaban J connectivity index is 1.06. The molecule has 6 heteroatoms. The molecule has 0 N–H and O–H groups in total. The fraction of sp³-hybridized carbons (Fsp3) is 0.667. The molecule has 178 valence electrons. The zero-order valence-corrected chi connectivity index (χ0v) is 20.0. The second-order valence-electron chi connectivity index (χ2n) is 11.1. The minimum Gasteiger partial charge on any atom is -0.462 e. The monoisotopic (exact) mass is 452 g/mol. The summed E-state index contributed by atoms with van der Waals surface area (Å²) in [6.45, 7) is 10.9. The summed E-state index contributed by atoms with van der Waals surface area (Å²) in [4.78, 5) is 17.9. The molecule has 1 saturated carbocycles. The third-order valence-corrected chi connectivity index (χ3v) is 8.94. The Morgan fingerprint density at radius 2 is 1.88 bits per heavy atom. The average Bonchev–Trinajstić information content (AvgIpc) is 3.37. The molecular weight excluding hydrogens is 416 g/mol. The number of ether oxygens (including phenoxy) is 3. The van der Waals surface area contributed by atoms with Gasteiger partial charge in [0.15, 0.2) is 11.5 Å². The van der Waals surface area contributed by atoms with Crippen LogP contribution in [0.5, 0.6) is 11.5 Å². The molecular formula is C27H36N2O4.